The minimum Gasteiger partial charge on any atom is -0.370 e. The first-order chi connectivity index (χ1) is 13.5. The third kappa shape index (κ3) is 5.41. The first-order valence-corrected chi connectivity index (χ1v) is 10.0. The summed E-state index contributed by atoms with van der Waals surface area (Å²) in [6, 6.07) is 3.62. The number of hydrogen-bond donors (Lipinski definition) is 2. The highest BCUT2D eigenvalue weighted by Gasteiger charge is 2.29. The van der Waals surface area contributed by atoms with Crippen molar-refractivity contribution < 1.29 is 9.59 Å². The molecule has 1 fully saturated rings. The van der Waals surface area contributed by atoms with Crippen LogP contribution in [0.15, 0.2) is 30.9 Å². The number of aromatic amines is 1. The van der Waals surface area contributed by atoms with Gasteiger partial charge in [0.1, 0.15) is 11.6 Å². The van der Waals surface area contributed by atoms with E-state index in [1.165, 1.54) is 0 Å². The number of H-pyrrole nitrogens is 1. The number of aromatic nitrogens is 3. The Labute approximate surface area is 166 Å². The Balaban J connectivity index is 1.52. The first-order valence-electron chi connectivity index (χ1n) is 10.0. The highest BCUT2D eigenvalue weighted by molar-refractivity contribution is 5.94. The number of carbonyl (C=O) groups excluding carboxylic acids is 2. The molecule has 1 atom stereocenters. The van der Waals surface area contributed by atoms with Crippen molar-refractivity contribution in [3.8, 4) is 0 Å². The summed E-state index contributed by atoms with van der Waals surface area (Å²) in [7, 11) is 0. The van der Waals surface area contributed by atoms with E-state index in [1.54, 1.807) is 29.7 Å². The van der Waals surface area contributed by atoms with Crippen LogP contribution in [0.1, 0.15) is 49.2 Å². The fraction of sp³-hybridized carbons (Fsp3) is 0.524. The molecular weight excluding hydrogens is 354 g/mol. The van der Waals surface area contributed by atoms with Gasteiger partial charge in [-0.05, 0) is 30.9 Å². The quantitative estimate of drug-likeness (QED) is 0.731. The molecule has 0 bridgehead atoms. The van der Waals surface area contributed by atoms with Crippen molar-refractivity contribution in [3.63, 3.8) is 0 Å². The number of Topliss-reactive ketones (excluding diaryl/α,β-unsaturated/α-hetero) is 1. The van der Waals surface area contributed by atoms with E-state index in [2.05, 4.69) is 34.1 Å². The summed E-state index contributed by atoms with van der Waals surface area (Å²) in [6.45, 7) is 6.07. The summed E-state index contributed by atoms with van der Waals surface area (Å²) in [5.74, 6) is 1.30. The molecule has 3 heterocycles. The predicted octanol–water partition coefficient (Wildman–Crippen LogP) is 2.93. The van der Waals surface area contributed by atoms with Gasteiger partial charge in [-0.3, -0.25) is 9.59 Å². The molecule has 0 aromatic carbocycles. The van der Waals surface area contributed by atoms with Gasteiger partial charge in [0.25, 0.3) is 5.91 Å². The van der Waals surface area contributed by atoms with Gasteiger partial charge in [-0.25, -0.2) is 9.97 Å². The molecule has 7 heteroatoms. The molecule has 0 aliphatic carbocycles. The molecule has 2 aromatic rings. The van der Waals surface area contributed by atoms with E-state index in [1.807, 2.05) is 6.07 Å². The Bertz CT molecular complexity index is 771. The van der Waals surface area contributed by atoms with Crippen LogP contribution in [0.3, 0.4) is 0 Å². The summed E-state index contributed by atoms with van der Waals surface area (Å²) < 4.78 is 0. The number of likely N-dealkylation sites (tertiary alicyclic amines) is 1. The smallest absolute Gasteiger partial charge is 0.255 e. The van der Waals surface area contributed by atoms with Crippen molar-refractivity contribution in [2.24, 2.45) is 11.8 Å². The second-order valence-corrected chi connectivity index (χ2v) is 7.84. The van der Waals surface area contributed by atoms with Gasteiger partial charge in [-0.15, -0.1) is 0 Å². The van der Waals surface area contributed by atoms with Crippen LogP contribution in [0, 0.1) is 11.8 Å². The SMILES string of the molecule is CC(C)CC(=O)C1CCCN(C(=O)c2ccc(NCCc3cnc[nH]3)nc2)C1. The Morgan fingerprint density at radius 1 is 1.32 bits per heavy atom. The lowest BCUT2D eigenvalue weighted by Crippen LogP contribution is -2.42. The number of pyridine rings is 1. The Kier molecular flexibility index (Phi) is 6.79. The van der Waals surface area contributed by atoms with Crippen LogP contribution in [0.4, 0.5) is 5.82 Å². The van der Waals surface area contributed by atoms with Crippen molar-refractivity contribution in [1.82, 2.24) is 19.9 Å². The molecule has 2 N–H and O–H groups in total. The van der Waals surface area contributed by atoms with Crippen molar-refractivity contribution in [1.29, 1.82) is 0 Å². The lowest BCUT2D eigenvalue weighted by atomic mass is 9.89. The molecule has 28 heavy (non-hydrogen) atoms. The molecule has 1 unspecified atom stereocenters. The van der Waals surface area contributed by atoms with Gasteiger partial charge in [0.15, 0.2) is 0 Å². The molecule has 2 aromatic heterocycles. The third-order valence-corrected chi connectivity index (χ3v) is 5.04. The number of nitrogens with one attached hydrogen (secondary N) is 2. The van der Waals surface area contributed by atoms with Gasteiger partial charge in [0.05, 0.1) is 11.9 Å². The zero-order valence-corrected chi connectivity index (χ0v) is 16.6. The van der Waals surface area contributed by atoms with Crippen LogP contribution in [0.5, 0.6) is 0 Å². The second-order valence-electron chi connectivity index (χ2n) is 7.84. The molecule has 1 amide bonds. The van der Waals surface area contributed by atoms with Crippen molar-refractivity contribution in [3.05, 3.63) is 42.1 Å². The topological polar surface area (TPSA) is 91.0 Å². The van der Waals surface area contributed by atoms with Gasteiger partial charge in [0, 0.05) is 56.5 Å². The van der Waals surface area contributed by atoms with E-state index < -0.39 is 0 Å². The van der Waals surface area contributed by atoms with Crippen molar-refractivity contribution >= 4 is 17.5 Å². The van der Waals surface area contributed by atoms with Crippen LogP contribution in [0.2, 0.25) is 0 Å². The number of imidazole rings is 1. The molecule has 1 aliphatic rings. The number of hydrogen-bond acceptors (Lipinski definition) is 5. The summed E-state index contributed by atoms with van der Waals surface area (Å²) in [6.07, 6.45) is 8.24. The third-order valence-electron chi connectivity index (χ3n) is 5.04. The number of anilines is 1. The lowest BCUT2D eigenvalue weighted by molar-refractivity contribution is -0.124. The average Bonchev–Trinajstić information content (AvgIpc) is 3.21. The molecule has 150 valence electrons. The number of amides is 1. The van der Waals surface area contributed by atoms with Crippen LogP contribution in [-0.2, 0) is 11.2 Å². The van der Waals surface area contributed by atoms with E-state index in [0.717, 1.165) is 37.3 Å². The van der Waals surface area contributed by atoms with Crippen molar-refractivity contribution in [2.45, 2.75) is 39.5 Å². The monoisotopic (exact) mass is 383 g/mol. The van der Waals surface area contributed by atoms with Crippen LogP contribution < -0.4 is 5.32 Å². The maximum Gasteiger partial charge on any atom is 0.255 e. The van der Waals surface area contributed by atoms with E-state index in [9.17, 15) is 9.59 Å². The van der Waals surface area contributed by atoms with E-state index in [-0.39, 0.29) is 17.6 Å². The van der Waals surface area contributed by atoms with Gasteiger partial charge in [0.2, 0.25) is 0 Å². The second kappa shape index (κ2) is 9.48. The first kappa shape index (κ1) is 20.0. The lowest BCUT2D eigenvalue weighted by Gasteiger charge is -2.32. The number of ketones is 1. The zero-order chi connectivity index (χ0) is 19.9. The normalized spacial score (nSPS) is 17.0. The van der Waals surface area contributed by atoms with Gasteiger partial charge >= 0.3 is 0 Å². The Morgan fingerprint density at radius 2 is 2.18 bits per heavy atom. The van der Waals surface area contributed by atoms with Gasteiger partial charge in [-0.1, -0.05) is 13.8 Å². The summed E-state index contributed by atoms with van der Waals surface area (Å²) in [5, 5.41) is 3.24. The molecule has 0 radical (unpaired) electrons. The fourth-order valence-corrected chi connectivity index (χ4v) is 3.55. The maximum absolute atomic E-state index is 12.8. The molecule has 7 nitrogen and oxygen atoms in total. The average molecular weight is 383 g/mol. The van der Waals surface area contributed by atoms with Crippen LogP contribution in [0.25, 0.3) is 0 Å². The van der Waals surface area contributed by atoms with Crippen LogP contribution >= 0.6 is 0 Å². The van der Waals surface area contributed by atoms with Gasteiger partial charge in [-0.2, -0.15) is 0 Å². The van der Waals surface area contributed by atoms with E-state index in [0.29, 0.717) is 31.0 Å². The summed E-state index contributed by atoms with van der Waals surface area (Å²) in [5.41, 5.74) is 1.63. The maximum atomic E-state index is 12.8. The van der Waals surface area contributed by atoms with E-state index >= 15 is 0 Å². The van der Waals surface area contributed by atoms with Gasteiger partial charge < -0.3 is 15.2 Å². The van der Waals surface area contributed by atoms with Crippen molar-refractivity contribution in [2.75, 3.05) is 25.0 Å². The minimum atomic E-state index is -0.0430. The minimum absolute atomic E-state index is 0.0310. The predicted molar refractivity (Wildman–Crippen MR) is 108 cm³/mol. The number of carbonyl (C=O) groups is 2. The zero-order valence-electron chi connectivity index (χ0n) is 16.6. The summed E-state index contributed by atoms with van der Waals surface area (Å²) in [4.78, 5) is 38.4. The highest BCUT2D eigenvalue weighted by atomic mass is 16.2. The highest BCUT2D eigenvalue weighted by Crippen LogP contribution is 2.22. The summed E-state index contributed by atoms with van der Waals surface area (Å²) >= 11 is 0. The molecule has 1 saturated heterocycles. The Hall–Kier alpha value is -2.70. The largest absolute Gasteiger partial charge is 0.370 e. The molecule has 0 saturated carbocycles. The molecule has 0 spiro atoms. The van der Waals surface area contributed by atoms with E-state index in [4.69, 9.17) is 0 Å². The van der Waals surface area contributed by atoms with Crippen LogP contribution in [-0.4, -0.2) is 51.2 Å². The molecule has 1 aliphatic heterocycles. The molecule has 3 rings (SSSR count). The standard InChI is InChI=1S/C21H29N5O2/c1-15(2)10-19(27)17-4-3-9-26(13-17)21(28)16-5-6-20(24-11-16)23-8-7-18-12-22-14-25-18/h5-6,11-12,14-15,17H,3-4,7-10,13H2,1-2H3,(H,22,25)(H,23,24). The molecular formula is C21H29N5O2. The number of nitrogens with zero attached hydrogens (tertiary/aromatic N) is 3. The fourth-order valence-electron chi connectivity index (χ4n) is 3.55. The Morgan fingerprint density at radius 3 is 2.86 bits per heavy atom. The number of piperidine rings is 1. The number of rotatable bonds is 8.